The summed E-state index contributed by atoms with van der Waals surface area (Å²) in [5, 5.41) is 10.6. The average molecular weight is 401 g/mol. The van der Waals surface area contributed by atoms with E-state index < -0.39 is 17.6 Å². The summed E-state index contributed by atoms with van der Waals surface area (Å²) in [6.45, 7) is 3.56. The molecule has 1 aromatic carbocycles. The first-order valence-electron chi connectivity index (χ1n) is 8.46. The van der Waals surface area contributed by atoms with Crippen LogP contribution in [0.5, 0.6) is 0 Å². The Hall–Kier alpha value is -3.76. The van der Waals surface area contributed by atoms with E-state index >= 15 is 0 Å². The molecule has 3 heterocycles. The minimum atomic E-state index is -4.57. The van der Waals surface area contributed by atoms with Crippen LogP contribution in [-0.2, 0) is 6.18 Å². The fourth-order valence-corrected chi connectivity index (χ4v) is 2.86. The fraction of sp³-hybridized carbons (Fsp3) is 0.167. The van der Waals surface area contributed by atoms with Gasteiger partial charge in [0.1, 0.15) is 0 Å². The van der Waals surface area contributed by atoms with Crippen LogP contribution in [0.25, 0.3) is 11.5 Å². The number of amides is 1. The summed E-state index contributed by atoms with van der Waals surface area (Å²) in [6.07, 6.45) is -1.54. The highest BCUT2D eigenvalue weighted by atomic mass is 19.4. The lowest BCUT2D eigenvalue weighted by molar-refractivity contribution is -0.137. The van der Waals surface area contributed by atoms with Crippen molar-refractivity contribution in [2.75, 3.05) is 5.32 Å². The summed E-state index contributed by atoms with van der Waals surface area (Å²) >= 11 is 0. The minimum absolute atomic E-state index is 0.0757. The number of aromatic nitrogens is 6. The molecular weight excluding hydrogens is 387 g/mol. The SMILES string of the molecule is Cc1cc(C)n2nc(C(=O)Nc3cc(C(F)(F)F)ccc3-n3cccn3)nc2n1. The number of halogens is 3. The number of hydrogen-bond acceptors (Lipinski definition) is 5. The van der Waals surface area contributed by atoms with Crippen LogP contribution in [0.4, 0.5) is 18.9 Å². The number of rotatable bonds is 3. The van der Waals surface area contributed by atoms with Gasteiger partial charge in [-0.1, -0.05) is 0 Å². The molecule has 0 aliphatic heterocycles. The monoisotopic (exact) mass is 401 g/mol. The topological polar surface area (TPSA) is 90.0 Å². The first kappa shape index (κ1) is 18.6. The third-order valence-corrected chi connectivity index (χ3v) is 4.14. The van der Waals surface area contributed by atoms with Crippen LogP contribution in [0.2, 0.25) is 0 Å². The number of benzene rings is 1. The molecular formula is C18H14F3N7O. The van der Waals surface area contributed by atoms with Gasteiger partial charge in [0.2, 0.25) is 5.82 Å². The van der Waals surface area contributed by atoms with Crippen molar-refractivity contribution < 1.29 is 18.0 Å². The summed E-state index contributed by atoms with van der Waals surface area (Å²) < 4.78 is 42.2. The van der Waals surface area contributed by atoms with E-state index in [1.54, 1.807) is 32.2 Å². The summed E-state index contributed by atoms with van der Waals surface area (Å²) in [5.41, 5.74) is 0.710. The predicted octanol–water partition coefficient (Wildman–Crippen LogP) is 3.20. The molecule has 0 radical (unpaired) electrons. The molecule has 0 aliphatic rings. The van der Waals surface area contributed by atoms with E-state index in [4.69, 9.17) is 0 Å². The molecule has 0 bridgehead atoms. The molecule has 0 spiro atoms. The fourth-order valence-electron chi connectivity index (χ4n) is 2.86. The summed E-state index contributed by atoms with van der Waals surface area (Å²) in [5.74, 6) is -0.751. The molecule has 11 heteroatoms. The molecule has 8 nitrogen and oxygen atoms in total. The van der Waals surface area contributed by atoms with Crippen LogP contribution in [0.15, 0.2) is 42.7 Å². The summed E-state index contributed by atoms with van der Waals surface area (Å²) in [4.78, 5) is 21.0. The third kappa shape index (κ3) is 3.53. The Balaban J connectivity index is 1.74. The summed E-state index contributed by atoms with van der Waals surface area (Å²) in [6, 6.07) is 6.39. The first-order valence-corrected chi connectivity index (χ1v) is 8.46. The lowest BCUT2D eigenvalue weighted by atomic mass is 10.1. The van der Waals surface area contributed by atoms with Gasteiger partial charge < -0.3 is 5.32 Å². The molecule has 0 saturated carbocycles. The van der Waals surface area contributed by atoms with Gasteiger partial charge in [0.25, 0.3) is 11.7 Å². The molecule has 4 aromatic rings. The van der Waals surface area contributed by atoms with E-state index in [0.717, 1.165) is 17.8 Å². The number of carbonyl (C=O) groups is 1. The zero-order valence-corrected chi connectivity index (χ0v) is 15.3. The van der Waals surface area contributed by atoms with Crippen molar-refractivity contribution in [1.29, 1.82) is 0 Å². The normalized spacial score (nSPS) is 11.8. The lowest BCUT2D eigenvalue weighted by Crippen LogP contribution is -2.17. The van der Waals surface area contributed by atoms with E-state index in [9.17, 15) is 18.0 Å². The first-order chi connectivity index (χ1) is 13.7. The van der Waals surface area contributed by atoms with Gasteiger partial charge in [-0.25, -0.2) is 14.2 Å². The number of anilines is 1. The van der Waals surface area contributed by atoms with Crippen LogP contribution in [0.3, 0.4) is 0 Å². The second-order valence-corrected chi connectivity index (χ2v) is 6.32. The second-order valence-electron chi connectivity index (χ2n) is 6.32. The van der Waals surface area contributed by atoms with Crippen LogP contribution < -0.4 is 5.32 Å². The predicted molar refractivity (Wildman–Crippen MR) is 96.8 cm³/mol. The summed E-state index contributed by atoms with van der Waals surface area (Å²) in [7, 11) is 0. The van der Waals surface area contributed by atoms with Crippen molar-refractivity contribution in [2.45, 2.75) is 20.0 Å². The maximum atomic E-state index is 13.2. The maximum absolute atomic E-state index is 13.2. The Kier molecular flexibility index (Phi) is 4.29. The third-order valence-electron chi connectivity index (χ3n) is 4.14. The van der Waals surface area contributed by atoms with Crippen LogP contribution in [0.1, 0.15) is 27.6 Å². The van der Waals surface area contributed by atoms with Crippen molar-refractivity contribution in [3.05, 3.63) is 65.5 Å². The Morgan fingerprint density at radius 3 is 2.62 bits per heavy atom. The van der Waals surface area contributed by atoms with Crippen molar-refractivity contribution >= 4 is 17.4 Å². The number of carbonyl (C=O) groups excluding carboxylic acids is 1. The van der Waals surface area contributed by atoms with E-state index in [1.165, 1.54) is 21.5 Å². The van der Waals surface area contributed by atoms with E-state index in [0.29, 0.717) is 5.69 Å². The van der Waals surface area contributed by atoms with Crippen molar-refractivity contribution in [1.82, 2.24) is 29.4 Å². The zero-order chi connectivity index (χ0) is 20.8. The lowest BCUT2D eigenvalue weighted by Gasteiger charge is -2.14. The van der Waals surface area contributed by atoms with E-state index in [-0.39, 0.29) is 23.0 Å². The minimum Gasteiger partial charge on any atom is -0.317 e. The molecule has 0 atom stereocenters. The van der Waals surface area contributed by atoms with Gasteiger partial charge in [0.15, 0.2) is 0 Å². The van der Waals surface area contributed by atoms with Gasteiger partial charge in [0.05, 0.1) is 16.9 Å². The van der Waals surface area contributed by atoms with Crippen molar-refractivity contribution in [3.63, 3.8) is 0 Å². The molecule has 3 aromatic heterocycles. The largest absolute Gasteiger partial charge is 0.416 e. The number of hydrogen-bond donors (Lipinski definition) is 1. The maximum Gasteiger partial charge on any atom is 0.416 e. The highest BCUT2D eigenvalue weighted by Crippen LogP contribution is 2.33. The smallest absolute Gasteiger partial charge is 0.317 e. The standard InChI is InChI=1S/C18H14F3N7O/c1-10-8-11(2)28-17(23-10)25-15(26-28)16(29)24-13-9-12(18(19,20)21)4-5-14(13)27-7-3-6-22-27/h3-9H,1-2H3,(H,24,29). The molecule has 0 unspecified atom stereocenters. The molecule has 1 N–H and O–H groups in total. The van der Waals surface area contributed by atoms with E-state index in [1.807, 2.05) is 0 Å². The van der Waals surface area contributed by atoms with Gasteiger partial charge in [-0.15, -0.1) is 5.10 Å². The molecule has 148 valence electrons. The number of nitrogens with one attached hydrogen (secondary N) is 1. The molecule has 0 aliphatic carbocycles. The van der Waals surface area contributed by atoms with Gasteiger partial charge in [-0.2, -0.15) is 23.3 Å². The average Bonchev–Trinajstić information content (AvgIpc) is 3.30. The quantitative estimate of drug-likeness (QED) is 0.569. The highest BCUT2D eigenvalue weighted by molar-refractivity contribution is 6.03. The number of nitrogens with zero attached hydrogens (tertiary/aromatic N) is 6. The Morgan fingerprint density at radius 1 is 1.14 bits per heavy atom. The van der Waals surface area contributed by atoms with Crippen LogP contribution in [0, 0.1) is 13.8 Å². The number of alkyl halides is 3. The molecule has 0 saturated heterocycles. The van der Waals surface area contributed by atoms with Gasteiger partial charge >= 0.3 is 6.18 Å². The highest BCUT2D eigenvalue weighted by Gasteiger charge is 2.31. The number of fused-ring (bicyclic) bond motifs is 1. The van der Waals surface area contributed by atoms with Gasteiger partial charge in [-0.3, -0.25) is 4.79 Å². The van der Waals surface area contributed by atoms with Crippen molar-refractivity contribution in [3.8, 4) is 5.69 Å². The molecule has 0 fully saturated rings. The number of aryl methyl sites for hydroxylation is 2. The van der Waals surface area contributed by atoms with Crippen molar-refractivity contribution in [2.24, 2.45) is 0 Å². The molecule has 1 amide bonds. The molecule has 29 heavy (non-hydrogen) atoms. The van der Waals surface area contributed by atoms with Gasteiger partial charge in [-0.05, 0) is 44.2 Å². The molecule has 4 rings (SSSR count). The van der Waals surface area contributed by atoms with Crippen LogP contribution in [-0.4, -0.2) is 35.3 Å². The Labute approximate surface area is 162 Å². The van der Waals surface area contributed by atoms with Crippen LogP contribution >= 0.6 is 0 Å². The second kappa shape index (κ2) is 6.69. The Morgan fingerprint density at radius 2 is 1.93 bits per heavy atom. The van der Waals surface area contributed by atoms with E-state index in [2.05, 4.69) is 25.5 Å². The van der Waals surface area contributed by atoms with Gasteiger partial charge in [0, 0.05) is 23.8 Å². The Bertz CT molecular complexity index is 1210. The zero-order valence-electron chi connectivity index (χ0n) is 15.3.